The Labute approximate surface area is 129 Å². The van der Waals surface area contributed by atoms with Gasteiger partial charge in [0.05, 0.1) is 10.6 Å². The largest absolute Gasteiger partial charge is 0.338 e. The highest BCUT2D eigenvalue weighted by Crippen LogP contribution is 2.27. The molecule has 0 saturated carbocycles. The van der Waals surface area contributed by atoms with Gasteiger partial charge in [0.15, 0.2) is 0 Å². The number of likely N-dealkylation sites (tertiary alicyclic amines) is 1. The van der Waals surface area contributed by atoms with Gasteiger partial charge in [-0.05, 0) is 49.3 Å². The van der Waals surface area contributed by atoms with Crippen molar-refractivity contribution in [1.29, 1.82) is 0 Å². The smallest absolute Gasteiger partial charge is 0.255 e. The summed E-state index contributed by atoms with van der Waals surface area (Å²) in [5.41, 5.74) is 6.40. The molecule has 1 aromatic rings. The Balaban J connectivity index is 2.19. The van der Waals surface area contributed by atoms with Crippen molar-refractivity contribution < 1.29 is 4.79 Å². The topological polar surface area (TPSA) is 46.3 Å². The van der Waals surface area contributed by atoms with Gasteiger partial charge in [0.2, 0.25) is 0 Å². The van der Waals surface area contributed by atoms with E-state index in [9.17, 15) is 4.79 Å². The molecule has 2 N–H and O–H groups in total. The molecule has 1 saturated heterocycles. The van der Waals surface area contributed by atoms with E-state index in [0.29, 0.717) is 29.0 Å². The molecule has 0 aliphatic carbocycles. The van der Waals surface area contributed by atoms with Crippen LogP contribution < -0.4 is 5.73 Å². The fourth-order valence-corrected chi connectivity index (χ4v) is 3.24. The number of carbonyl (C=O) groups excluding carboxylic acids is 1. The van der Waals surface area contributed by atoms with Crippen LogP contribution in [0.3, 0.4) is 0 Å². The molecule has 1 aliphatic rings. The Hall–Kier alpha value is -0.710. The van der Waals surface area contributed by atoms with Crippen LogP contribution >= 0.6 is 23.4 Å². The Morgan fingerprint density at radius 1 is 1.55 bits per heavy atom. The zero-order valence-electron chi connectivity index (χ0n) is 11.9. The quantitative estimate of drug-likeness (QED) is 0.872. The summed E-state index contributed by atoms with van der Waals surface area (Å²) in [6.07, 6.45) is 3.00. The molecule has 1 fully saturated rings. The summed E-state index contributed by atoms with van der Waals surface area (Å²) in [6, 6.07) is 5.61. The van der Waals surface area contributed by atoms with E-state index in [1.165, 1.54) is 0 Å². The van der Waals surface area contributed by atoms with Gasteiger partial charge in [0.1, 0.15) is 0 Å². The van der Waals surface area contributed by atoms with Gasteiger partial charge < -0.3 is 10.6 Å². The summed E-state index contributed by atoms with van der Waals surface area (Å²) in [4.78, 5) is 15.6. The Kier molecular flexibility index (Phi) is 5.35. The molecule has 2 rings (SSSR count). The number of halogens is 1. The maximum atomic E-state index is 12.6. The zero-order valence-corrected chi connectivity index (χ0v) is 13.5. The minimum Gasteiger partial charge on any atom is -0.338 e. The Bertz CT molecular complexity index is 495. The average Bonchev–Trinajstić information content (AvgIpc) is 2.47. The second-order valence-electron chi connectivity index (χ2n) is 5.36. The number of rotatable bonds is 3. The first-order valence-corrected chi connectivity index (χ1v) is 8.50. The number of nitrogens with two attached hydrogens (primary N) is 1. The maximum absolute atomic E-state index is 12.6. The molecule has 5 heteroatoms. The van der Waals surface area contributed by atoms with Crippen molar-refractivity contribution in [3.63, 3.8) is 0 Å². The molecule has 0 radical (unpaired) electrons. The molecular formula is C15H21ClN2OS. The second kappa shape index (κ2) is 6.83. The van der Waals surface area contributed by atoms with E-state index in [1.807, 2.05) is 23.3 Å². The molecule has 1 aromatic carbocycles. The van der Waals surface area contributed by atoms with Crippen molar-refractivity contribution in [2.24, 2.45) is 17.6 Å². The first kappa shape index (κ1) is 15.7. The fraction of sp³-hybridized carbons (Fsp3) is 0.533. The lowest BCUT2D eigenvalue weighted by atomic mass is 9.87. The van der Waals surface area contributed by atoms with Crippen molar-refractivity contribution in [2.75, 3.05) is 25.9 Å². The van der Waals surface area contributed by atoms with E-state index in [1.54, 1.807) is 17.8 Å². The van der Waals surface area contributed by atoms with Crippen molar-refractivity contribution >= 4 is 29.3 Å². The first-order valence-electron chi connectivity index (χ1n) is 6.89. The van der Waals surface area contributed by atoms with Crippen LogP contribution in [0.15, 0.2) is 23.1 Å². The molecule has 1 aliphatic heterocycles. The second-order valence-corrected chi connectivity index (χ2v) is 6.65. The number of hydrogen-bond donors (Lipinski definition) is 1. The molecule has 1 heterocycles. The molecule has 3 nitrogen and oxygen atoms in total. The van der Waals surface area contributed by atoms with Gasteiger partial charge in [0.25, 0.3) is 5.91 Å². The molecule has 110 valence electrons. The van der Waals surface area contributed by atoms with Crippen molar-refractivity contribution in [1.82, 2.24) is 4.90 Å². The third-order valence-corrected chi connectivity index (χ3v) is 5.16. The van der Waals surface area contributed by atoms with E-state index in [0.717, 1.165) is 24.4 Å². The first-order chi connectivity index (χ1) is 9.56. The van der Waals surface area contributed by atoms with Crippen molar-refractivity contribution in [3.8, 4) is 0 Å². The molecule has 2 atom stereocenters. The molecule has 0 aromatic heterocycles. The number of hydrogen-bond acceptors (Lipinski definition) is 3. The monoisotopic (exact) mass is 312 g/mol. The van der Waals surface area contributed by atoms with Gasteiger partial charge >= 0.3 is 0 Å². The Morgan fingerprint density at radius 2 is 2.30 bits per heavy atom. The van der Waals surface area contributed by atoms with Crippen LogP contribution in [-0.4, -0.2) is 36.7 Å². The van der Waals surface area contributed by atoms with Crippen LogP contribution in [0, 0.1) is 11.8 Å². The van der Waals surface area contributed by atoms with Gasteiger partial charge in [-0.15, -0.1) is 11.8 Å². The van der Waals surface area contributed by atoms with E-state index in [2.05, 4.69) is 6.92 Å². The van der Waals surface area contributed by atoms with E-state index < -0.39 is 0 Å². The number of nitrogens with zero attached hydrogens (tertiary/aromatic N) is 1. The maximum Gasteiger partial charge on any atom is 0.255 e. The van der Waals surface area contributed by atoms with Crippen molar-refractivity contribution in [3.05, 3.63) is 28.8 Å². The minimum absolute atomic E-state index is 0.0243. The van der Waals surface area contributed by atoms with Crippen LogP contribution in [-0.2, 0) is 0 Å². The SMILES string of the molecule is CSc1ccc(Cl)c(C(=O)N2CCC(C)C(CN)C2)c1. The Morgan fingerprint density at radius 3 is 2.95 bits per heavy atom. The zero-order chi connectivity index (χ0) is 14.7. The van der Waals surface area contributed by atoms with E-state index >= 15 is 0 Å². The number of piperidine rings is 1. The van der Waals surface area contributed by atoms with Crippen molar-refractivity contribution in [2.45, 2.75) is 18.2 Å². The molecule has 0 bridgehead atoms. The highest BCUT2D eigenvalue weighted by molar-refractivity contribution is 7.98. The fourth-order valence-electron chi connectivity index (χ4n) is 2.61. The standard InChI is InChI=1S/C15H21ClN2OS/c1-10-5-6-18(9-11(10)8-17)15(19)13-7-12(20-2)3-4-14(13)16/h3-4,7,10-11H,5-6,8-9,17H2,1-2H3. The highest BCUT2D eigenvalue weighted by atomic mass is 35.5. The molecule has 1 amide bonds. The van der Waals surface area contributed by atoms with Crippen LogP contribution in [0.2, 0.25) is 5.02 Å². The summed E-state index contributed by atoms with van der Waals surface area (Å²) in [5.74, 6) is 0.989. The number of thioether (sulfide) groups is 1. The van der Waals surface area contributed by atoms with E-state index in [4.69, 9.17) is 17.3 Å². The molecule has 2 unspecified atom stereocenters. The summed E-state index contributed by atoms with van der Waals surface area (Å²) >= 11 is 7.80. The average molecular weight is 313 g/mol. The van der Waals surface area contributed by atoms with Gasteiger partial charge in [0, 0.05) is 18.0 Å². The minimum atomic E-state index is 0.0243. The van der Waals surface area contributed by atoms with Gasteiger partial charge in [-0.25, -0.2) is 0 Å². The van der Waals surface area contributed by atoms with Gasteiger partial charge in [-0.3, -0.25) is 4.79 Å². The van der Waals surface area contributed by atoms with Gasteiger partial charge in [-0.2, -0.15) is 0 Å². The number of benzene rings is 1. The molecule has 0 spiro atoms. The predicted octanol–water partition coefficient (Wildman–Crippen LogP) is 3.12. The predicted molar refractivity (Wildman–Crippen MR) is 85.5 cm³/mol. The summed E-state index contributed by atoms with van der Waals surface area (Å²) in [5, 5.41) is 0.524. The van der Waals surface area contributed by atoms with E-state index in [-0.39, 0.29) is 5.91 Å². The summed E-state index contributed by atoms with van der Waals surface area (Å²) in [6.45, 7) is 4.36. The normalized spacial score (nSPS) is 22.9. The lowest BCUT2D eigenvalue weighted by Crippen LogP contribution is -2.45. The van der Waals surface area contributed by atoms with Crippen LogP contribution in [0.4, 0.5) is 0 Å². The summed E-state index contributed by atoms with van der Waals surface area (Å²) < 4.78 is 0. The summed E-state index contributed by atoms with van der Waals surface area (Å²) in [7, 11) is 0. The lowest BCUT2D eigenvalue weighted by molar-refractivity contribution is 0.0618. The highest BCUT2D eigenvalue weighted by Gasteiger charge is 2.29. The molecular weight excluding hydrogens is 292 g/mol. The third kappa shape index (κ3) is 3.30. The third-order valence-electron chi connectivity index (χ3n) is 4.11. The van der Waals surface area contributed by atoms with Crippen LogP contribution in [0.5, 0.6) is 0 Å². The lowest BCUT2D eigenvalue weighted by Gasteiger charge is -2.36. The molecule has 20 heavy (non-hydrogen) atoms. The number of amides is 1. The number of carbonyl (C=O) groups is 1. The van der Waals surface area contributed by atoms with Crippen LogP contribution in [0.1, 0.15) is 23.7 Å². The van der Waals surface area contributed by atoms with Crippen LogP contribution in [0.25, 0.3) is 0 Å². The van der Waals surface area contributed by atoms with Gasteiger partial charge in [-0.1, -0.05) is 18.5 Å².